The van der Waals surface area contributed by atoms with E-state index in [9.17, 15) is 14.6 Å². The lowest BCUT2D eigenvalue weighted by molar-refractivity contribution is 0.0328. The van der Waals surface area contributed by atoms with Gasteiger partial charge in [0.1, 0.15) is 5.82 Å². The summed E-state index contributed by atoms with van der Waals surface area (Å²) in [6, 6.07) is 16.3. The summed E-state index contributed by atoms with van der Waals surface area (Å²) in [6.07, 6.45) is 1.78. The number of β-amino-alcohol motifs (C(OH)–C–C–N with tert-alkyl or cyclic N) is 1. The Morgan fingerprint density at radius 3 is 2.23 bits per heavy atom. The number of likely N-dealkylation sites (tertiary alicyclic amines) is 1. The Morgan fingerprint density at radius 1 is 1.00 bits per heavy atom. The van der Waals surface area contributed by atoms with Crippen LogP contribution in [0.5, 0.6) is 0 Å². The number of aliphatic hydroxyl groups excluding tert-OH is 1. The molecule has 138 valence electrons. The van der Waals surface area contributed by atoms with Gasteiger partial charge in [-0.1, -0.05) is 42.5 Å². The van der Waals surface area contributed by atoms with Crippen molar-refractivity contribution in [3.05, 3.63) is 71.5 Å². The second-order valence-electron chi connectivity index (χ2n) is 8.10. The van der Waals surface area contributed by atoms with Gasteiger partial charge in [-0.2, -0.15) is 0 Å². The Bertz CT molecular complexity index is 720. The maximum absolute atomic E-state index is 13.0. The Balaban J connectivity index is 1.32. The number of aliphatic hydroxyl groups is 2. The SMILES string of the molecule is OC(CN1C[C@@H]2C[C@](O)(Cc3ccccc3)C[C@@H]2C1)c1ccc(F)cc1. The van der Waals surface area contributed by atoms with E-state index >= 15 is 0 Å². The molecule has 4 atom stereocenters. The maximum Gasteiger partial charge on any atom is 0.123 e. The van der Waals surface area contributed by atoms with Gasteiger partial charge in [-0.15, -0.1) is 0 Å². The highest BCUT2D eigenvalue weighted by atomic mass is 19.1. The third-order valence-corrected chi connectivity index (χ3v) is 6.00. The normalized spacial score (nSPS) is 29.7. The molecule has 2 aliphatic rings. The Morgan fingerprint density at radius 2 is 1.62 bits per heavy atom. The minimum absolute atomic E-state index is 0.283. The van der Waals surface area contributed by atoms with Crippen molar-refractivity contribution in [2.45, 2.75) is 31.0 Å². The molecule has 0 bridgehead atoms. The van der Waals surface area contributed by atoms with Crippen LogP contribution in [0.25, 0.3) is 0 Å². The molecule has 0 amide bonds. The molecule has 1 aliphatic heterocycles. The van der Waals surface area contributed by atoms with E-state index in [4.69, 9.17) is 0 Å². The standard InChI is InChI=1S/C22H26FNO2/c23-20-8-6-17(7-9-20)21(25)15-24-13-18-11-22(26,12-19(18)14-24)10-16-4-2-1-3-5-16/h1-9,18-19,21,25-26H,10-15H2/t18-,19+,21?,22+. The minimum Gasteiger partial charge on any atom is -0.390 e. The number of hydrogen-bond acceptors (Lipinski definition) is 3. The van der Waals surface area contributed by atoms with E-state index in [1.807, 2.05) is 18.2 Å². The summed E-state index contributed by atoms with van der Waals surface area (Å²) in [4.78, 5) is 2.28. The van der Waals surface area contributed by atoms with Crippen molar-refractivity contribution in [2.24, 2.45) is 11.8 Å². The van der Waals surface area contributed by atoms with Crippen LogP contribution in [0.3, 0.4) is 0 Å². The highest BCUT2D eigenvalue weighted by Gasteiger charge is 2.48. The molecule has 2 fully saturated rings. The van der Waals surface area contributed by atoms with Crippen molar-refractivity contribution in [1.29, 1.82) is 0 Å². The van der Waals surface area contributed by atoms with Gasteiger partial charge in [0, 0.05) is 26.1 Å². The number of nitrogens with zero attached hydrogens (tertiary/aromatic N) is 1. The molecule has 0 spiro atoms. The summed E-state index contributed by atoms with van der Waals surface area (Å²) < 4.78 is 13.0. The fourth-order valence-electron chi connectivity index (χ4n) is 4.86. The fraction of sp³-hybridized carbons (Fsp3) is 0.455. The summed E-state index contributed by atoms with van der Waals surface area (Å²) in [5.74, 6) is 0.697. The van der Waals surface area contributed by atoms with Gasteiger partial charge in [0.2, 0.25) is 0 Å². The second-order valence-corrected chi connectivity index (χ2v) is 8.10. The van der Waals surface area contributed by atoms with E-state index in [2.05, 4.69) is 17.0 Å². The van der Waals surface area contributed by atoms with E-state index < -0.39 is 11.7 Å². The maximum atomic E-state index is 13.0. The highest BCUT2D eigenvalue weighted by molar-refractivity contribution is 5.20. The third-order valence-electron chi connectivity index (χ3n) is 6.00. The Labute approximate surface area is 154 Å². The van der Waals surface area contributed by atoms with Crippen LogP contribution in [0, 0.1) is 17.7 Å². The lowest BCUT2D eigenvalue weighted by Gasteiger charge is -2.27. The van der Waals surface area contributed by atoms with Crippen LogP contribution in [0.15, 0.2) is 54.6 Å². The van der Waals surface area contributed by atoms with E-state index in [1.165, 1.54) is 17.7 Å². The third kappa shape index (κ3) is 3.83. The molecule has 4 heteroatoms. The first kappa shape index (κ1) is 17.7. The molecule has 1 saturated carbocycles. The molecule has 4 rings (SSSR count). The van der Waals surface area contributed by atoms with Crippen molar-refractivity contribution in [3.8, 4) is 0 Å². The van der Waals surface area contributed by atoms with Crippen molar-refractivity contribution in [2.75, 3.05) is 19.6 Å². The van der Waals surface area contributed by atoms with Gasteiger partial charge < -0.3 is 10.2 Å². The lowest BCUT2D eigenvalue weighted by Crippen LogP contribution is -2.33. The summed E-state index contributed by atoms with van der Waals surface area (Å²) in [5, 5.41) is 21.4. The van der Waals surface area contributed by atoms with E-state index in [0.717, 1.165) is 37.9 Å². The zero-order chi connectivity index (χ0) is 18.1. The molecule has 1 heterocycles. The van der Waals surface area contributed by atoms with Gasteiger partial charge in [-0.05, 0) is 47.9 Å². The van der Waals surface area contributed by atoms with Gasteiger partial charge in [0.15, 0.2) is 0 Å². The first-order valence-electron chi connectivity index (χ1n) is 9.43. The van der Waals surface area contributed by atoms with Gasteiger partial charge in [-0.25, -0.2) is 4.39 Å². The van der Waals surface area contributed by atoms with Gasteiger partial charge in [-0.3, -0.25) is 4.90 Å². The molecule has 0 aromatic heterocycles. The zero-order valence-electron chi connectivity index (χ0n) is 14.9. The molecule has 26 heavy (non-hydrogen) atoms. The smallest absolute Gasteiger partial charge is 0.123 e. The average Bonchev–Trinajstić information content (AvgIpc) is 3.10. The second kappa shape index (κ2) is 7.10. The van der Waals surface area contributed by atoms with Crippen molar-refractivity contribution >= 4 is 0 Å². The summed E-state index contributed by atoms with van der Waals surface area (Å²) in [6.45, 7) is 2.40. The highest BCUT2D eigenvalue weighted by Crippen LogP contribution is 2.45. The van der Waals surface area contributed by atoms with Gasteiger partial charge >= 0.3 is 0 Å². The number of fused-ring (bicyclic) bond motifs is 1. The van der Waals surface area contributed by atoms with E-state index in [-0.39, 0.29) is 5.82 Å². The molecule has 1 saturated heterocycles. The molecular weight excluding hydrogens is 329 g/mol. The quantitative estimate of drug-likeness (QED) is 0.866. The minimum atomic E-state index is -0.599. The first-order chi connectivity index (χ1) is 12.5. The van der Waals surface area contributed by atoms with Gasteiger partial charge in [0.25, 0.3) is 0 Å². The van der Waals surface area contributed by atoms with E-state index in [1.54, 1.807) is 12.1 Å². The van der Waals surface area contributed by atoms with E-state index in [0.29, 0.717) is 18.4 Å². The van der Waals surface area contributed by atoms with Crippen molar-refractivity contribution in [1.82, 2.24) is 4.90 Å². The average molecular weight is 355 g/mol. The number of halogens is 1. The molecule has 1 aliphatic carbocycles. The molecule has 0 radical (unpaired) electrons. The predicted octanol–water partition coefficient (Wildman–Crippen LogP) is 3.17. The van der Waals surface area contributed by atoms with Crippen LogP contribution in [0.4, 0.5) is 4.39 Å². The van der Waals surface area contributed by atoms with Crippen LogP contribution < -0.4 is 0 Å². The Kier molecular flexibility index (Phi) is 4.82. The fourth-order valence-corrected chi connectivity index (χ4v) is 4.86. The van der Waals surface area contributed by atoms with Crippen LogP contribution >= 0.6 is 0 Å². The number of benzene rings is 2. The summed E-state index contributed by atoms with van der Waals surface area (Å²) >= 11 is 0. The van der Waals surface area contributed by atoms with Crippen LogP contribution in [-0.2, 0) is 6.42 Å². The monoisotopic (exact) mass is 355 g/mol. The number of rotatable bonds is 5. The molecule has 2 aromatic carbocycles. The predicted molar refractivity (Wildman–Crippen MR) is 99.1 cm³/mol. The molecular formula is C22H26FNO2. The summed E-state index contributed by atoms with van der Waals surface area (Å²) in [7, 11) is 0. The molecule has 2 N–H and O–H groups in total. The summed E-state index contributed by atoms with van der Waals surface area (Å²) in [5.41, 5.74) is 1.35. The topological polar surface area (TPSA) is 43.7 Å². The zero-order valence-corrected chi connectivity index (χ0v) is 14.9. The molecule has 1 unspecified atom stereocenters. The number of hydrogen-bond donors (Lipinski definition) is 2. The lowest BCUT2D eigenvalue weighted by atomic mass is 9.91. The first-order valence-corrected chi connectivity index (χ1v) is 9.43. The van der Waals surface area contributed by atoms with Crippen LogP contribution in [-0.4, -0.2) is 40.3 Å². The van der Waals surface area contributed by atoms with Crippen LogP contribution in [0.1, 0.15) is 30.1 Å². The molecule has 3 nitrogen and oxygen atoms in total. The molecule has 2 aromatic rings. The van der Waals surface area contributed by atoms with Crippen LogP contribution in [0.2, 0.25) is 0 Å². The van der Waals surface area contributed by atoms with Crippen molar-refractivity contribution in [3.63, 3.8) is 0 Å². The van der Waals surface area contributed by atoms with Crippen molar-refractivity contribution < 1.29 is 14.6 Å². The largest absolute Gasteiger partial charge is 0.390 e. The van der Waals surface area contributed by atoms with Gasteiger partial charge in [0.05, 0.1) is 11.7 Å². The Hall–Kier alpha value is -1.75.